The van der Waals surface area contributed by atoms with Gasteiger partial charge in [-0.15, -0.1) is 0 Å². The Labute approximate surface area is 235 Å². The molecule has 5 rings (SSSR count). The third-order valence-electron chi connectivity index (χ3n) is 6.03. The highest BCUT2D eigenvalue weighted by Gasteiger charge is 2.21. The highest BCUT2D eigenvalue weighted by atomic mass is 32.1. The molecule has 206 valence electrons. The summed E-state index contributed by atoms with van der Waals surface area (Å²) in [6.07, 6.45) is 12.7. The standard InChI is InChI=1S/C31H29N2OS.BF4/c1-4-33-28-14-8-10-16-30(28)35-31(33)22-26-21-24(27-13-7-9-15-29(27)34-26)12-6-5-11-23-17-19-25(20-18-23)32(2)3;2-1(3,4)5/h5-22H,4H2,1-3H3;/q+1;-1. The first-order valence-corrected chi connectivity index (χ1v) is 13.6. The lowest BCUT2D eigenvalue weighted by atomic mass is 10.0. The summed E-state index contributed by atoms with van der Waals surface area (Å²) in [5, 5.41) is 1.18. The third-order valence-corrected chi connectivity index (χ3v) is 7.14. The van der Waals surface area contributed by atoms with Crippen molar-refractivity contribution >= 4 is 52.2 Å². The van der Waals surface area contributed by atoms with Crippen LogP contribution in [-0.4, -0.2) is 21.3 Å². The zero-order valence-corrected chi connectivity index (χ0v) is 23.2. The molecule has 2 heterocycles. The molecule has 40 heavy (non-hydrogen) atoms. The largest absolute Gasteiger partial charge is 0.673 e. The zero-order valence-electron chi connectivity index (χ0n) is 22.4. The first-order valence-electron chi connectivity index (χ1n) is 12.7. The van der Waals surface area contributed by atoms with E-state index in [2.05, 4.69) is 128 Å². The molecule has 0 fully saturated rings. The normalized spacial score (nSPS) is 14.2. The number of rotatable bonds is 6. The molecular weight excluding hydrogens is 535 g/mol. The van der Waals surface area contributed by atoms with E-state index in [1.54, 1.807) is 11.3 Å². The minimum absolute atomic E-state index is 0.848. The molecule has 3 nitrogen and oxygen atoms in total. The van der Waals surface area contributed by atoms with E-state index in [4.69, 9.17) is 4.74 Å². The maximum Gasteiger partial charge on any atom is 0.673 e. The molecule has 0 saturated heterocycles. The smallest absolute Gasteiger partial charge is 0.456 e. The Balaban J connectivity index is 0.000000681. The Bertz CT molecular complexity index is 1580. The molecule has 0 unspecified atom stereocenters. The van der Waals surface area contributed by atoms with E-state index < -0.39 is 7.25 Å². The summed E-state index contributed by atoms with van der Waals surface area (Å²) in [6, 6.07) is 25.3. The molecule has 0 amide bonds. The van der Waals surface area contributed by atoms with Crippen LogP contribution in [-0.2, 0) is 6.54 Å². The van der Waals surface area contributed by atoms with Crippen LogP contribution < -0.4 is 14.2 Å². The number of nitrogens with zero attached hydrogens (tertiary/aromatic N) is 2. The van der Waals surface area contributed by atoms with Gasteiger partial charge in [0.1, 0.15) is 22.8 Å². The number of hydrogen-bond acceptors (Lipinski definition) is 3. The summed E-state index contributed by atoms with van der Waals surface area (Å²) < 4.78 is 48.9. The van der Waals surface area contributed by atoms with Gasteiger partial charge >= 0.3 is 7.25 Å². The summed E-state index contributed by atoms with van der Waals surface area (Å²) in [5.74, 6) is 1.73. The molecule has 0 atom stereocenters. The summed E-state index contributed by atoms with van der Waals surface area (Å²) in [6.45, 7) is 3.10. The van der Waals surface area contributed by atoms with Gasteiger partial charge in [0.05, 0.1) is 6.08 Å². The second-order valence-electron chi connectivity index (χ2n) is 9.10. The van der Waals surface area contributed by atoms with Crippen LogP contribution in [0.2, 0.25) is 0 Å². The number of aromatic nitrogens is 1. The van der Waals surface area contributed by atoms with Crippen molar-refractivity contribution in [1.82, 2.24) is 0 Å². The van der Waals surface area contributed by atoms with Crippen LogP contribution in [0, 0.1) is 0 Å². The second kappa shape index (κ2) is 12.8. The van der Waals surface area contributed by atoms with Crippen LogP contribution in [0.4, 0.5) is 23.0 Å². The lowest BCUT2D eigenvalue weighted by molar-refractivity contribution is -0.665. The van der Waals surface area contributed by atoms with Crippen molar-refractivity contribution < 1.29 is 26.6 Å². The lowest BCUT2D eigenvalue weighted by Gasteiger charge is -2.18. The van der Waals surface area contributed by atoms with Gasteiger partial charge in [0.15, 0.2) is 0 Å². The van der Waals surface area contributed by atoms with Crippen molar-refractivity contribution in [3.63, 3.8) is 0 Å². The Kier molecular flexibility index (Phi) is 9.27. The van der Waals surface area contributed by atoms with Gasteiger partial charge in [-0.3, -0.25) is 0 Å². The molecule has 0 spiro atoms. The topological polar surface area (TPSA) is 16.4 Å². The van der Waals surface area contributed by atoms with Crippen molar-refractivity contribution in [1.29, 1.82) is 0 Å². The molecule has 1 aliphatic heterocycles. The quantitative estimate of drug-likeness (QED) is 0.101. The molecule has 3 aromatic carbocycles. The first kappa shape index (κ1) is 28.9. The third kappa shape index (κ3) is 7.73. The summed E-state index contributed by atoms with van der Waals surface area (Å²) in [7, 11) is -1.89. The summed E-state index contributed by atoms with van der Waals surface area (Å²) >= 11 is 1.79. The number of benzene rings is 3. The predicted octanol–water partition coefficient (Wildman–Crippen LogP) is 8.66. The van der Waals surface area contributed by atoms with E-state index >= 15 is 0 Å². The van der Waals surface area contributed by atoms with Crippen molar-refractivity contribution in [2.45, 2.75) is 13.5 Å². The molecule has 0 radical (unpaired) electrons. The van der Waals surface area contributed by atoms with Gasteiger partial charge in [-0.05, 0) is 48.4 Å². The van der Waals surface area contributed by atoms with Crippen LogP contribution in [0.25, 0.3) is 27.9 Å². The van der Waals surface area contributed by atoms with E-state index in [0.717, 1.165) is 29.2 Å². The van der Waals surface area contributed by atoms with Crippen molar-refractivity contribution in [2.75, 3.05) is 19.0 Å². The average Bonchev–Trinajstić information content (AvgIpc) is 3.27. The summed E-state index contributed by atoms with van der Waals surface area (Å²) in [5.41, 5.74) is 5.87. The minimum atomic E-state index is -6.00. The Morgan fingerprint density at radius 1 is 0.875 bits per heavy atom. The van der Waals surface area contributed by atoms with E-state index in [1.807, 2.05) is 12.1 Å². The van der Waals surface area contributed by atoms with Crippen LogP contribution in [0.3, 0.4) is 0 Å². The fourth-order valence-electron chi connectivity index (χ4n) is 4.21. The number of anilines is 1. The number of aryl methyl sites for hydroxylation is 1. The Morgan fingerprint density at radius 2 is 1.52 bits per heavy atom. The molecule has 0 N–H and O–H groups in total. The van der Waals surface area contributed by atoms with Crippen LogP contribution >= 0.6 is 11.3 Å². The summed E-state index contributed by atoms with van der Waals surface area (Å²) in [4.78, 5) is 2.11. The van der Waals surface area contributed by atoms with Gasteiger partial charge in [-0.2, -0.15) is 4.57 Å². The Hall–Kier alpha value is -4.11. The fraction of sp³-hybridized carbons (Fsp3) is 0.129. The minimum Gasteiger partial charge on any atom is -0.456 e. The van der Waals surface area contributed by atoms with Crippen molar-refractivity contribution in [3.05, 3.63) is 119 Å². The van der Waals surface area contributed by atoms with Gasteiger partial charge in [0, 0.05) is 31.4 Å². The highest BCUT2D eigenvalue weighted by molar-refractivity contribution is 7.18. The van der Waals surface area contributed by atoms with Gasteiger partial charge in [0.25, 0.3) is 5.01 Å². The van der Waals surface area contributed by atoms with Crippen LogP contribution in [0.5, 0.6) is 5.75 Å². The zero-order chi connectivity index (χ0) is 28.7. The SMILES string of the molecule is CC[n+]1c(C=C2C=C(C=CC=Cc3ccc(N(C)C)cc3)c3ccccc3O2)sc2ccccc21.F[B-](F)(F)F. The molecular formula is C31H29BF4N2OS. The number of allylic oxidation sites excluding steroid dienone is 5. The number of fused-ring (bicyclic) bond motifs is 2. The molecule has 1 aromatic heterocycles. The average molecular weight is 564 g/mol. The maximum atomic E-state index is 9.75. The first-order chi connectivity index (χ1) is 19.1. The monoisotopic (exact) mass is 564 g/mol. The lowest BCUT2D eigenvalue weighted by Crippen LogP contribution is -2.33. The molecule has 4 aromatic rings. The van der Waals surface area contributed by atoms with E-state index in [9.17, 15) is 17.3 Å². The van der Waals surface area contributed by atoms with Gasteiger partial charge in [-0.1, -0.05) is 78.1 Å². The van der Waals surface area contributed by atoms with Gasteiger partial charge < -0.3 is 26.9 Å². The molecule has 0 saturated carbocycles. The van der Waals surface area contributed by atoms with Crippen LogP contribution in [0.1, 0.15) is 23.1 Å². The molecule has 0 aliphatic carbocycles. The van der Waals surface area contributed by atoms with Crippen LogP contribution in [0.15, 0.2) is 103 Å². The van der Waals surface area contributed by atoms with Crippen molar-refractivity contribution in [3.8, 4) is 5.75 Å². The number of para-hydroxylation sites is 2. The van der Waals surface area contributed by atoms with Gasteiger partial charge in [0.2, 0.25) is 5.52 Å². The molecule has 0 bridgehead atoms. The predicted molar refractivity (Wildman–Crippen MR) is 160 cm³/mol. The number of thiazole rings is 1. The van der Waals surface area contributed by atoms with E-state index in [0.29, 0.717) is 0 Å². The molecule has 9 heteroatoms. The number of halogens is 4. The van der Waals surface area contributed by atoms with Gasteiger partial charge in [-0.25, -0.2) is 0 Å². The molecule has 1 aliphatic rings. The maximum absolute atomic E-state index is 9.75. The number of ether oxygens (including phenoxy) is 1. The van der Waals surface area contributed by atoms with E-state index in [-0.39, 0.29) is 0 Å². The number of hydrogen-bond donors (Lipinski definition) is 0. The van der Waals surface area contributed by atoms with E-state index in [1.165, 1.54) is 26.5 Å². The highest BCUT2D eigenvalue weighted by Crippen LogP contribution is 2.35. The Morgan fingerprint density at radius 3 is 2.23 bits per heavy atom. The fourth-order valence-corrected chi connectivity index (χ4v) is 5.38. The van der Waals surface area contributed by atoms with Crippen molar-refractivity contribution in [2.24, 2.45) is 0 Å². The second-order valence-corrected chi connectivity index (χ2v) is 10.2.